The minimum atomic E-state index is -0.769. The second-order valence-corrected chi connectivity index (χ2v) is 5.82. The van der Waals surface area contributed by atoms with Gasteiger partial charge in [-0.1, -0.05) is 11.2 Å². The molecule has 5 nitrogen and oxygen atoms in total. The molecule has 0 spiro atoms. The number of ether oxygens (including phenoxy) is 1. The Hall–Kier alpha value is -1.24. The van der Waals surface area contributed by atoms with Crippen LogP contribution in [0.1, 0.15) is 25.2 Å². The fourth-order valence-corrected chi connectivity index (χ4v) is 2.40. The fraction of sp³-hybridized carbons (Fsp3) is 0.429. The zero-order chi connectivity index (χ0) is 14.8. The first-order chi connectivity index (χ1) is 9.44. The van der Waals surface area contributed by atoms with E-state index in [2.05, 4.69) is 26.1 Å². The number of hydrogen-bond donors (Lipinski definition) is 1. The van der Waals surface area contributed by atoms with Gasteiger partial charge in [0.1, 0.15) is 5.54 Å². The topological polar surface area (TPSA) is 74.2 Å². The Balaban J connectivity index is 2.28. The molecule has 0 aliphatic rings. The van der Waals surface area contributed by atoms with Crippen LogP contribution in [-0.2, 0) is 10.3 Å². The van der Waals surface area contributed by atoms with E-state index >= 15 is 0 Å². The summed E-state index contributed by atoms with van der Waals surface area (Å²) in [6.07, 6.45) is 0. The molecule has 0 saturated carbocycles. The molecule has 2 aromatic rings. The van der Waals surface area contributed by atoms with Crippen LogP contribution in [0.5, 0.6) is 0 Å². The summed E-state index contributed by atoms with van der Waals surface area (Å²) < 4.78 is 11.6. The molecule has 108 valence electrons. The summed E-state index contributed by atoms with van der Waals surface area (Å²) in [5, 5.41) is 3.97. The Morgan fingerprint density at radius 2 is 2.20 bits per heavy atom. The molecule has 1 unspecified atom stereocenters. The second kappa shape index (κ2) is 6.03. The molecule has 6 heteroatoms. The van der Waals surface area contributed by atoms with Crippen molar-refractivity contribution in [2.45, 2.75) is 26.3 Å². The molecular formula is C14H18BrN3O2. The third-order valence-electron chi connectivity index (χ3n) is 2.90. The van der Waals surface area contributed by atoms with Gasteiger partial charge in [0.15, 0.2) is 5.82 Å². The van der Waals surface area contributed by atoms with Crippen molar-refractivity contribution in [1.29, 1.82) is 0 Å². The summed E-state index contributed by atoms with van der Waals surface area (Å²) in [7, 11) is 0. The summed E-state index contributed by atoms with van der Waals surface area (Å²) in [6, 6.07) is 5.93. The van der Waals surface area contributed by atoms with E-state index in [4.69, 9.17) is 15.0 Å². The largest absolute Gasteiger partial charge is 0.379 e. The molecule has 1 aromatic heterocycles. The van der Waals surface area contributed by atoms with Crippen LogP contribution in [0, 0.1) is 6.92 Å². The molecule has 20 heavy (non-hydrogen) atoms. The number of nitrogens with zero attached hydrogens (tertiary/aromatic N) is 2. The summed E-state index contributed by atoms with van der Waals surface area (Å²) in [6.45, 7) is 6.70. The molecule has 1 atom stereocenters. The van der Waals surface area contributed by atoms with Crippen LogP contribution in [0.15, 0.2) is 27.2 Å². The van der Waals surface area contributed by atoms with Gasteiger partial charge in [0.25, 0.3) is 5.89 Å². The Morgan fingerprint density at radius 3 is 2.85 bits per heavy atom. The van der Waals surface area contributed by atoms with Crippen LogP contribution < -0.4 is 5.73 Å². The number of nitrogens with two attached hydrogens (primary N) is 1. The lowest BCUT2D eigenvalue weighted by atomic mass is 10.1. The zero-order valence-electron chi connectivity index (χ0n) is 11.8. The van der Waals surface area contributed by atoms with Gasteiger partial charge in [0.05, 0.1) is 12.2 Å². The van der Waals surface area contributed by atoms with Crippen molar-refractivity contribution in [2.24, 2.45) is 5.73 Å². The van der Waals surface area contributed by atoms with Gasteiger partial charge in [-0.25, -0.2) is 0 Å². The van der Waals surface area contributed by atoms with Crippen LogP contribution in [0.4, 0.5) is 0 Å². The highest BCUT2D eigenvalue weighted by Crippen LogP contribution is 2.29. The maximum atomic E-state index is 6.16. The third-order valence-corrected chi connectivity index (χ3v) is 3.55. The van der Waals surface area contributed by atoms with Crippen molar-refractivity contribution >= 4 is 15.9 Å². The van der Waals surface area contributed by atoms with E-state index in [9.17, 15) is 0 Å². The molecule has 0 bridgehead atoms. The van der Waals surface area contributed by atoms with E-state index in [0.717, 1.165) is 15.6 Å². The van der Waals surface area contributed by atoms with Crippen LogP contribution in [0.2, 0.25) is 0 Å². The van der Waals surface area contributed by atoms with E-state index in [1.807, 2.05) is 39.0 Å². The summed E-state index contributed by atoms with van der Waals surface area (Å²) in [5.74, 6) is 0.883. The molecule has 1 aromatic carbocycles. The Bertz CT molecular complexity index is 596. The normalized spacial score (nSPS) is 14.2. The Kier molecular flexibility index (Phi) is 4.57. The summed E-state index contributed by atoms with van der Waals surface area (Å²) in [5.41, 5.74) is 7.39. The van der Waals surface area contributed by atoms with E-state index in [1.165, 1.54) is 0 Å². The van der Waals surface area contributed by atoms with Crippen molar-refractivity contribution < 1.29 is 9.26 Å². The lowest BCUT2D eigenvalue weighted by Gasteiger charge is -2.19. The molecule has 1 heterocycles. The van der Waals surface area contributed by atoms with Gasteiger partial charge in [-0.05, 0) is 54.4 Å². The molecule has 2 N–H and O–H groups in total. The standard InChI is InChI=1S/C14H18BrN3O2/c1-4-19-8-14(3,16)13-17-12(20-18-13)10-6-5-9(2)7-11(10)15/h5-7H,4,8,16H2,1-3H3. The molecule has 0 radical (unpaired) electrons. The summed E-state index contributed by atoms with van der Waals surface area (Å²) in [4.78, 5) is 4.38. The van der Waals surface area contributed by atoms with E-state index in [0.29, 0.717) is 24.9 Å². The SMILES string of the molecule is CCOCC(C)(N)c1noc(-c2ccc(C)cc2Br)n1. The van der Waals surface area contributed by atoms with Crippen LogP contribution in [0.25, 0.3) is 11.5 Å². The lowest BCUT2D eigenvalue weighted by Crippen LogP contribution is -2.39. The average molecular weight is 340 g/mol. The van der Waals surface area contributed by atoms with Crippen LogP contribution in [-0.4, -0.2) is 23.4 Å². The fourth-order valence-electron chi connectivity index (χ4n) is 1.74. The van der Waals surface area contributed by atoms with Crippen molar-refractivity contribution in [3.05, 3.63) is 34.1 Å². The van der Waals surface area contributed by atoms with Gasteiger partial charge >= 0.3 is 0 Å². The van der Waals surface area contributed by atoms with Gasteiger partial charge in [-0.3, -0.25) is 0 Å². The van der Waals surface area contributed by atoms with Gasteiger partial charge in [0, 0.05) is 11.1 Å². The smallest absolute Gasteiger partial charge is 0.259 e. The minimum absolute atomic E-state index is 0.345. The predicted molar refractivity (Wildman–Crippen MR) is 80.2 cm³/mol. The maximum absolute atomic E-state index is 6.16. The maximum Gasteiger partial charge on any atom is 0.259 e. The van der Waals surface area contributed by atoms with Gasteiger partial charge in [-0.15, -0.1) is 0 Å². The highest BCUT2D eigenvalue weighted by atomic mass is 79.9. The molecule has 0 amide bonds. The van der Waals surface area contributed by atoms with Gasteiger partial charge < -0.3 is 15.0 Å². The zero-order valence-corrected chi connectivity index (χ0v) is 13.4. The van der Waals surface area contributed by atoms with E-state index in [-0.39, 0.29) is 0 Å². The number of aromatic nitrogens is 2. The highest BCUT2D eigenvalue weighted by molar-refractivity contribution is 9.10. The molecule has 0 fully saturated rings. The molecule has 2 rings (SSSR count). The lowest BCUT2D eigenvalue weighted by molar-refractivity contribution is 0.0962. The second-order valence-electron chi connectivity index (χ2n) is 4.96. The van der Waals surface area contributed by atoms with Crippen LogP contribution in [0.3, 0.4) is 0 Å². The van der Waals surface area contributed by atoms with Crippen molar-refractivity contribution in [3.63, 3.8) is 0 Å². The van der Waals surface area contributed by atoms with Crippen molar-refractivity contribution in [1.82, 2.24) is 10.1 Å². The number of benzene rings is 1. The van der Waals surface area contributed by atoms with Crippen molar-refractivity contribution in [2.75, 3.05) is 13.2 Å². The quantitative estimate of drug-likeness (QED) is 0.906. The first-order valence-electron chi connectivity index (χ1n) is 6.41. The molecule has 0 saturated heterocycles. The van der Waals surface area contributed by atoms with E-state index in [1.54, 1.807) is 0 Å². The first-order valence-corrected chi connectivity index (χ1v) is 7.20. The summed E-state index contributed by atoms with van der Waals surface area (Å²) >= 11 is 3.50. The minimum Gasteiger partial charge on any atom is -0.379 e. The van der Waals surface area contributed by atoms with E-state index < -0.39 is 5.54 Å². The Labute approximate surface area is 126 Å². The van der Waals surface area contributed by atoms with Crippen molar-refractivity contribution in [3.8, 4) is 11.5 Å². The number of hydrogen-bond acceptors (Lipinski definition) is 5. The number of rotatable bonds is 5. The average Bonchev–Trinajstić information content (AvgIpc) is 2.86. The Morgan fingerprint density at radius 1 is 1.45 bits per heavy atom. The first kappa shape index (κ1) is 15.2. The van der Waals surface area contributed by atoms with Gasteiger partial charge in [0.2, 0.25) is 0 Å². The predicted octanol–water partition coefficient (Wildman–Crippen LogP) is 3.02. The molecule has 0 aliphatic heterocycles. The third kappa shape index (κ3) is 3.26. The van der Waals surface area contributed by atoms with Gasteiger partial charge in [-0.2, -0.15) is 4.98 Å². The molecule has 0 aliphatic carbocycles. The highest BCUT2D eigenvalue weighted by Gasteiger charge is 2.28. The molecular weight excluding hydrogens is 322 g/mol. The number of halogens is 1. The van der Waals surface area contributed by atoms with Crippen LogP contribution >= 0.6 is 15.9 Å². The number of aryl methyl sites for hydroxylation is 1. The monoisotopic (exact) mass is 339 g/mol.